The predicted octanol–water partition coefficient (Wildman–Crippen LogP) is 0.996. The summed E-state index contributed by atoms with van der Waals surface area (Å²) in [4.78, 5) is 26.3. The summed E-state index contributed by atoms with van der Waals surface area (Å²) in [6, 6.07) is 0.00538. The predicted molar refractivity (Wildman–Crippen MR) is 70.9 cm³/mol. The van der Waals surface area contributed by atoms with Crippen LogP contribution in [-0.4, -0.2) is 64.3 Å². The van der Waals surface area contributed by atoms with Crippen molar-refractivity contribution < 1.29 is 19.8 Å². The number of amides is 2. The zero-order chi connectivity index (χ0) is 14.4. The number of carbonyl (C=O) groups excluding carboxylic acids is 1. The summed E-state index contributed by atoms with van der Waals surface area (Å²) in [5.74, 6) is -0.658. The molecule has 1 rings (SSSR count). The van der Waals surface area contributed by atoms with Crippen LogP contribution < -0.4 is 0 Å². The second-order valence-corrected chi connectivity index (χ2v) is 5.35. The van der Waals surface area contributed by atoms with E-state index in [1.165, 1.54) is 0 Å². The van der Waals surface area contributed by atoms with Crippen LogP contribution >= 0.6 is 0 Å². The normalized spacial score (nSPS) is 18.9. The van der Waals surface area contributed by atoms with Crippen LogP contribution in [0.4, 0.5) is 4.79 Å². The van der Waals surface area contributed by atoms with Crippen molar-refractivity contribution in [2.24, 2.45) is 5.92 Å². The molecule has 2 N–H and O–H groups in total. The molecule has 1 unspecified atom stereocenters. The molecule has 19 heavy (non-hydrogen) atoms. The lowest BCUT2D eigenvalue weighted by Crippen LogP contribution is -2.46. The van der Waals surface area contributed by atoms with Gasteiger partial charge in [-0.15, -0.1) is 0 Å². The quantitative estimate of drug-likeness (QED) is 0.755. The number of urea groups is 1. The van der Waals surface area contributed by atoms with Crippen molar-refractivity contribution >= 4 is 12.0 Å². The molecule has 1 aliphatic heterocycles. The van der Waals surface area contributed by atoms with Gasteiger partial charge in [0.2, 0.25) is 0 Å². The molecule has 0 bridgehead atoms. The van der Waals surface area contributed by atoms with E-state index in [2.05, 4.69) is 0 Å². The SMILES string of the molecule is CC(C)N(CCCC(=O)O)C(=O)N1CCC(CO)C1. The molecule has 1 fully saturated rings. The Kier molecular flexibility index (Phi) is 6.08. The molecule has 1 atom stereocenters. The number of hydrogen-bond donors (Lipinski definition) is 2. The summed E-state index contributed by atoms with van der Waals surface area (Å²) in [5, 5.41) is 17.7. The van der Waals surface area contributed by atoms with E-state index in [0.717, 1.165) is 6.42 Å². The molecule has 0 aromatic carbocycles. The van der Waals surface area contributed by atoms with Gasteiger partial charge in [0.15, 0.2) is 0 Å². The van der Waals surface area contributed by atoms with Crippen LogP contribution in [0, 0.1) is 5.92 Å². The maximum Gasteiger partial charge on any atom is 0.320 e. The molecule has 1 heterocycles. The lowest BCUT2D eigenvalue weighted by Gasteiger charge is -2.31. The zero-order valence-electron chi connectivity index (χ0n) is 11.7. The molecule has 6 nitrogen and oxygen atoms in total. The molecule has 0 radical (unpaired) electrons. The van der Waals surface area contributed by atoms with Gasteiger partial charge in [0.1, 0.15) is 0 Å². The molecule has 0 spiro atoms. The van der Waals surface area contributed by atoms with Crippen LogP contribution in [-0.2, 0) is 4.79 Å². The number of carbonyl (C=O) groups is 2. The van der Waals surface area contributed by atoms with Gasteiger partial charge in [0, 0.05) is 44.6 Å². The van der Waals surface area contributed by atoms with Gasteiger partial charge in [-0.2, -0.15) is 0 Å². The summed E-state index contributed by atoms with van der Waals surface area (Å²) in [5.41, 5.74) is 0. The van der Waals surface area contributed by atoms with Gasteiger partial charge in [0.05, 0.1) is 0 Å². The Labute approximate surface area is 114 Å². The van der Waals surface area contributed by atoms with E-state index in [0.29, 0.717) is 26.1 Å². The number of likely N-dealkylation sites (tertiary alicyclic amines) is 1. The van der Waals surface area contributed by atoms with E-state index >= 15 is 0 Å². The molecular weight excluding hydrogens is 248 g/mol. The summed E-state index contributed by atoms with van der Waals surface area (Å²) in [6.45, 7) is 5.70. The highest BCUT2D eigenvalue weighted by molar-refractivity contribution is 5.75. The van der Waals surface area contributed by atoms with E-state index in [1.54, 1.807) is 9.80 Å². The molecule has 6 heteroatoms. The topological polar surface area (TPSA) is 81.1 Å². The highest BCUT2D eigenvalue weighted by Crippen LogP contribution is 2.18. The van der Waals surface area contributed by atoms with E-state index in [-0.39, 0.29) is 31.0 Å². The average Bonchev–Trinajstić information content (AvgIpc) is 2.81. The fraction of sp³-hybridized carbons (Fsp3) is 0.846. The summed E-state index contributed by atoms with van der Waals surface area (Å²) < 4.78 is 0. The largest absolute Gasteiger partial charge is 0.481 e. The van der Waals surface area contributed by atoms with E-state index in [1.807, 2.05) is 13.8 Å². The fourth-order valence-electron chi connectivity index (χ4n) is 2.31. The van der Waals surface area contributed by atoms with Crippen LogP contribution in [0.1, 0.15) is 33.1 Å². The third kappa shape index (κ3) is 4.70. The Morgan fingerprint density at radius 2 is 2.11 bits per heavy atom. The van der Waals surface area contributed by atoms with Crippen LogP contribution in [0.25, 0.3) is 0 Å². The van der Waals surface area contributed by atoms with Crippen LogP contribution in [0.3, 0.4) is 0 Å². The van der Waals surface area contributed by atoms with Gasteiger partial charge in [0.25, 0.3) is 0 Å². The van der Waals surface area contributed by atoms with E-state index in [9.17, 15) is 9.59 Å². The Morgan fingerprint density at radius 3 is 2.58 bits per heavy atom. The molecule has 1 aliphatic rings. The van der Waals surface area contributed by atoms with Crippen molar-refractivity contribution in [1.29, 1.82) is 0 Å². The van der Waals surface area contributed by atoms with Crippen molar-refractivity contribution in [3.63, 3.8) is 0 Å². The van der Waals surface area contributed by atoms with E-state index < -0.39 is 5.97 Å². The molecule has 1 saturated heterocycles. The minimum Gasteiger partial charge on any atom is -0.481 e. The van der Waals surface area contributed by atoms with Gasteiger partial charge in [-0.25, -0.2) is 4.79 Å². The Balaban J connectivity index is 2.51. The highest BCUT2D eigenvalue weighted by atomic mass is 16.4. The van der Waals surface area contributed by atoms with Crippen molar-refractivity contribution in [3.8, 4) is 0 Å². The van der Waals surface area contributed by atoms with Crippen molar-refractivity contribution in [1.82, 2.24) is 9.80 Å². The minimum absolute atomic E-state index is 0.0451. The Bertz CT molecular complexity index is 320. The smallest absolute Gasteiger partial charge is 0.320 e. The number of hydrogen-bond acceptors (Lipinski definition) is 3. The maximum absolute atomic E-state index is 12.3. The number of nitrogens with zero attached hydrogens (tertiary/aromatic N) is 2. The van der Waals surface area contributed by atoms with Gasteiger partial charge >= 0.3 is 12.0 Å². The molecule has 110 valence electrons. The van der Waals surface area contributed by atoms with Crippen LogP contribution in [0.15, 0.2) is 0 Å². The number of aliphatic hydroxyl groups excluding tert-OH is 1. The standard InChI is InChI=1S/C13H24N2O4/c1-10(2)15(6-3-4-12(17)18)13(19)14-7-5-11(8-14)9-16/h10-11,16H,3-9H2,1-2H3,(H,17,18). The first-order valence-electron chi connectivity index (χ1n) is 6.84. The molecule has 0 saturated carbocycles. The molecule has 0 aliphatic carbocycles. The van der Waals surface area contributed by atoms with Gasteiger partial charge in [-0.3, -0.25) is 4.79 Å². The number of rotatable bonds is 6. The maximum atomic E-state index is 12.3. The van der Waals surface area contributed by atoms with Crippen molar-refractivity contribution in [3.05, 3.63) is 0 Å². The van der Waals surface area contributed by atoms with Gasteiger partial charge in [-0.05, 0) is 26.7 Å². The molecule has 2 amide bonds. The second-order valence-electron chi connectivity index (χ2n) is 5.35. The zero-order valence-corrected chi connectivity index (χ0v) is 11.7. The average molecular weight is 272 g/mol. The first-order valence-corrected chi connectivity index (χ1v) is 6.84. The Morgan fingerprint density at radius 1 is 1.42 bits per heavy atom. The molecule has 0 aromatic rings. The minimum atomic E-state index is -0.835. The number of carboxylic acid groups (broad SMARTS) is 1. The summed E-state index contributed by atoms with van der Waals surface area (Å²) in [6.07, 6.45) is 1.38. The third-order valence-corrected chi connectivity index (χ3v) is 3.47. The fourth-order valence-corrected chi connectivity index (χ4v) is 2.31. The van der Waals surface area contributed by atoms with Gasteiger partial charge < -0.3 is 20.0 Å². The molecular formula is C13H24N2O4. The highest BCUT2D eigenvalue weighted by Gasteiger charge is 2.29. The van der Waals surface area contributed by atoms with Gasteiger partial charge in [-0.1, -0.05) is 0 Å². The third-order valence-electron chi connectivity index (χ3n) is 3.47. The summed E-state index contributed by atoms with van der Waals surface area (Å²) >= 11 is 0. The molecule has 0 aromatic heterocycles. The summed E-state index contributed by atoms with van der Waals surface area (Å²) in [7, 11) is 0. The monoisotopic (exact) mass is 272 g/mol. The van der Waals surface area contributed by atoms with Crippen LogP contribution in [0.2, 0.25) is 0 Å². The lowest BCUT2D eigenvalue weighted by atomic mass is 10.1. The van der Waals surface area contributed by atoms with E-state index in [4.69, 9.17) is 10.2 Å². The Hall–Kier alpha value is -1.30. The first-order chi connectivity index (χ1) is 8.95. The van der Waals surface area contributed by atoms with Crippen molar-refractivity contribution in [2.45, 2.75) is 39.2 Å². The number of aliphatic hydroxyl groups is 1. The second kappa shape index (κ2) is 7.33. The number of aliphatic carboxylic acids is 1. The first kappa shape index (κ1) is 15.8. The lowest BCUT2D eigenvalue weighted by molar-refractivity contribution is -0.137. The van der Waals surface area contributed by atoms with Crippen molar-refractivity contribution in [2.75, 3.05) is 26.2 Å². The van der Waals surface area contributed by atoms with Crippen LogP contribution in [0.5, 0.6) is 0 Å². The number of carboxylic acids is 1.